The number of rotatable bonds is 4. The molecule has 2 aliphatic rings. The number of piperidine rings is 1. The molecule has 4 nitrogen and oxygen atoms in total. The normalized spacial score (nSPS) is 22.2. The van der Waals surface area contributed by atoms with Gasteiger partial charge in [-0.2, -0.15) is 0 Å². The zero-order chi connectivity index (χ0) is 15.4. The molecule has 1 aromatic rings. The van der Waals surface area contributed by atoms with Gasteiger partial charge in [0.15, 0.2) is 0 Å². The average Bonchev–Trinajstić information content (AvgIpc) is 2.57. The van der Waals surface area contributed by atoms with Crippen molar-refractivity contribution in [1.29, 1.82) is 0 Å². The molecule has 0 bridgehead atoms. The van der Waals surface area contributed by atoms with Gasteiger partial charge >= 0.3 is 0 Å². The molecule has 1 saturated heterocycles. The summed E-state index contributed by atoms with van der Waals surface area (Å²) in [5.74, 6) is 0.597. The summed E-state index contributed by atoms with van der Waals surface area (Å²) < 4.78 is 14.6. The Bertz CT molecular complexity index is 545. The topological polar surface area (TPSA) is 47.9 Å². The summed E-state index contributed by atoms with van der Waals surface area (Å²) in [5.41, 5.74) is 1.47. The number of benzene rings is 1. The predicted molar refractivity (Wildman–Crippen MR) is 87.1 cm³/mol. The highest BCUT2D eigenvalue weighted by molar-refractivity contribution is 5.99. The van der Waals surface area contributed by atoms with Crippen molar-refractivity contribution in [3.63, 3.8) is 0 Å². The Hall–Kier alpha value is -1.62. The molecule has 0 radical (unpaired) electrons. The molecular formula is C17H24FN3O. The van der Waals surface area contributed by atoms with Crippen molar-refractivity contribution >= 4 is 11.5 Å². The molecule has 1 fully saturated rings. The quantitative estimate of drug-likeness (QED) is 0.897. The average molecular weight is 305 g/mol. The second-order valence-corrected chi connectivity index (χ2v) is 6.03. The summed E-state index contributed by atoms with van der Waals surface area (Å²) in [6, 6.07) is 5.63. The van der Waals surface area contributed by atoms with E-state index in [1.165, 1.54) is 0 Å². The Labute approximate surface area is 131 Å². The molecule has 22 heavy (non-hydrogen) atoms. The fraction of sp³-hybridized carbons (Fsp3) is 0.588. The minimum absolute atomic E-state index is 0.154. The van der Waals surface area contributed by atoms with Gasteiger partial charge in [-0.05, 0) is 50.3 Å². The zero-order valence-electron chi connectivity index (χ0n) is 12.9. The predicted octanol–water partition coefficient (Wildman–Crippen LogP) is 2.31. The highest BCUT2D eigenvalue weighted by Crippen LogP contribution is 2.29. The Balaban J connectivity index is 1.83. The number of halogens is 1. The van der Waals surface area contributed by atoms with Crippen LogP contribution in [0.3, 0.4) is 0 Å². The molecular weight excluding hydrogens is 281 g/mol. The first-order chi connectivity index (χ1) is 10.8. The van der Waals surface area contributed by atoms with E-state index in [4.69, 9.17) is 0 Å². The lowest BCUT2D eigenvalue weighted by molar-refractivity contribution is 0.262. The third kappa shape index (κ3) is 3.24. The van der Waals surface area contributed by atoms with E-state index in [0.717, 1.165) is 56.7 Å². The van der Waals surface area contributed by atoms with Gasteiger partial charge in [-0.3, -0.25) is 4.99 Å². The van der Waals surface area contributed by atoms with Crippen molar-refractivity contribution in [3.05, 3.63) is 29.6 Å². The van der Waals surface area contributed by atoms with Crippen LogP contribution in [0.2, 0.25) is 0 Å². The van der Waals surface area contributed by atoms with Gasteiger partial charge in [-0.1, -0.05) is 0 Å². The Morgan fingerprint density at radius 2 is 2.23 bits per heavy atom. The number of aliphatic imine (C=N–C) groups is 1. The summed E-state index contributed by atoms with van der Waals surface area (Å²) in [6.45, 7) is 2.71. The van der Waals surface area contributed by atoms with Gasteiger partial charge in [0, 0.05) is 37.8 Å². The van der Waals surface area contributed by atoms with Gasteiger partial charge < -0.3 is 15.3 Å². The maximum Gasteiger partial charge on any atom is 0.147 e. The molecule has 0 amide bonds. The fourth-order valence-corrected chi connectivity index (χ4v) is 3.38. The number of nitrogens with one attached hydrogen (secondary N) is 1. The van der Waals surface area contributed by atoms with Crippen LogP contribution in [0.1, 0.15) is 37.7 Å². The highest BCUT2D eigenvalue weighted by Gasteiger charge is 2.24. The van der Waals surface area contributed by atoms with Crippen LogP contribution in [0, 0.1) is 5.82 Å². The standard InChI is InChI=1S/C17H24FN3O/c18-15-12-13(17-19-8-3-9-20-17)5-6-16(15)21-10-2-1-4-14(21)7-11-22/h5-6,12,14,22H,1-4,7-11H2,(H,19,20). The summed E-state index contributed by atoms with van der Waals surface area (Å²) in [4.78, 5) is 6.54. The minimum atomic E-state index is -0.197. The molecule has 120 valence electrons. The lowest BCUT2D eigenvalue weighted by Crippen LogP contribution is -2.40. The smallest absolute Gasteiger partial charge is 0.147 e. The van der Waals surface area contributed by atoms with E-state index in [2.05, 4.69) is 15.2 Å². The van der Waals surface area contributed by atoms with Gasteiger partial charge in [0.2, 0.25) is 0 Å². The number of hydrogen-bond acceptors (Lipinski definition) is 4. The van der Waals surface area contributed by atoms with Crippen molar-refractivity contribution in [3.8, 4) is 0 Å². The second kappa shape index (κ2) is 7.09. The van der Waals surface area contributed by atoms with Crippen LogP contribution in [0.15, 0.2) is 23.2 Å². The maximum atomic E-state index is 14.6. The molecule has 0 spiro atoms. The van der Waals surface area contributed by atoms with Crippen molar-refractivity contribution in [1.82, 2.24) is 5.32 Å². The van der Waals surface area contributed by atoms with E-state index >= 15 is 0 Å². The van der Waals surface area contributed by atoms with Crippen LogP contribution in [-0.4, -0.2) is 43.2 Å². The van der Waals surface area contributed by atoms with Crippen LogP contribution in [0.4, 0.5) is 10.1 Å². The minimum Gasteiger partial charge on any atom is -0.396 e. The summed E-state index contributed by atoms with van der Waals surface area (Å²) in [6.07, 6.45) is 4.99. The monoisotopic (exact) mass is 305 g/mol. The Morgan fingerprint density at radius 1 is 1.32 bits per heavy atom. The first-order valence-corrected chi connectivity index (χ1v) is 8.25. The van der Waals surface area contributed by atoms with Crippen LogP contribution in [-0.2, 0) is 0 Å². The molecule has 1 unspecified atom stereocenters. The van der Waals surface area contributed by atoms with Crippen molar-refractivity contribution < 1.29 is 9.50 Å². The van der Waals surface area contributed by atoms with Crippen molar-refractivity contribution in [2.24, 2.45) is 4.99 Å². The lowest BCUT2D eigenvalue weighted by Gasteiger charge is -2.37. The summed E-state index contributed by atoms with van der Waals surface area (Å²) >= 11 is 0. The molecule has 1 aromatic carbocycles. The SMILES string of the molecule is OCCC1CCCCN1c1ccc(C2=NCCCN2)cc1F. The van der Waals surface area contributed by atoms with E-state index in [0.29, 0.717) is 12.1 Å². The van der Waals surface area contributed by atoms with Crippen molar-refractivity contribution in [2.75, 3.05) is 31.1 Å². The fourth-order valence-electron chi connectivity index (χ4n) is 3.38. The molecule has 2 heterocycles. The van der Waals surface area contributed by atoms with Crippen LogP contribution in [0.5, 0.6) is 0 Å². The van der Waals surface area contributed by atoms with Crippen molar-refractivity contribution in [2.45, 2.75) is 38.1 Å². The van der Waals surface area contributed by atoms with E-state index in [1.807, 2.05) is 12.1 Å². The van der Waals surface area contributed by atoms with Gasteiger partial charge in [0.25, 0.3) is 0 Å². The summed E-state index contributed by atoms with van der Waals surface area (Å²) in [7, 11) is 0. The first-order valence-electron chi connectivity index (χ1n) is 8.25. The van der Waals surface area contributed by atoms with E-state index < -0.39 is 0 Å². The third-order valence-corrected chi connectivity index (χ3v) is 4.52. The zero-order valence-corrected chi connectivity index (χ0v) is 12.9. The van der Waals surface area contributed by atoms with E-state index in [-0.39, 0.29) is 18.5 Å². The lowest BCUT2D eigenvalue weighted by atomic mass is 9.98. The third-order valence-electron chi connectivity index (χ3n) is 4.52. The second-order valence-electron chi connectivity index (χ2n) is 6.03. The molecule has 5 heteroatoms. The number of nitrogens with zero attached hydrogens (tertiary/aromatic N) is 2. The summed E-state index contributed by atoms with van der Waals surface area (Å²) in [5, 5.41) is 12.4. The molecule has 2 N–H and O–H groups in total. The van der Waals surface area contributed by atoms with Gasteiger partial charge in [-0.15, -0.1) is 0 Å². The molecule has 1 atom stereocenters. The largest absolute Gasteiger partial charge is 0.396 e. The van der Waals surface area contributed by atoms with E-state index in [9.17, 15) is 9.50 Å². The van der Waals surface area contributed by atoms with E-state index in [1.54, 1.807) is 6.07 Å². The molecule has 0 aromatic heterocycles. The molecule has 3 rings (SSSR count). The Morgan fingerprint density at radius 3 is 2.95 bits per heavy atom. The number of hydrogen-bond donors (Lipinski definition) is 2. The van der Waals surface area contributed by atoms with Crippen LogP contribution >= 0.6 is 0 Å². The number of anilines is 1. The van der Waals surface area contributed by atoms with Crippen LogP contribution < -0.4 is 10.2 Å². The van der Waals surface area contributed by atoms with Gasteiger partial charge in [0.05, 0.1) is 5.69 Å². The van der Waals surface area contributed by atoms with Gasteiger partial charge in [-0.25, -0.2) is 4.39 Å². The molecule has 0 aliphatic carbocycles. The number of amidine groups is 1. The molecule has 0 saturated carbocycles. The number of aliphatic hydroxyl groups is 1. The molecule has 2 aliphatic heterocycles. The number of aliphatic hydroxyl groups excluding tert-OH is 1. The highest BCUT2D eigenvalue weighted by atomic mass is 19.1. The van der Waals surface area contributed by atoms with Gasteiger partial charge in [0.1, 0.15) is 11.7 Å². The van der Waals surface area contributed by atoms with Crippen LogP contribution in [0.25, 0.3) is 0 Å². The maximum absolute atomic E-state index is 14.6. The first kappa shape index (κ1) is 15.3. The Kier molecular flexibility index (Phi) is 4.93.